The van der Waals surface area contributed by atoms with E-state index in [1.165, 1.54) is 22.3 Å². The van der Waals surface area contributed by atoms with Gasteiger partial charge in [-0.05, 0) is 85.3 Å². The van der Waals surface area contributed by atoms with E-state index in [4.69, 9.17) is 0 Å². The number of carboxylic acid groups (broad SMARTS) is 1. The van der Waals surface area contributed by atoms with Gasteiger partial charge in [0.1, 0.15) is 0 Å². The largest absolute Gasteiger partial charge is 0.481 e. The zero-order valence-electron chi connectivity index (χ0n) is 21.0. The number of hydrogen-bond acceptors (Lipinski definition) is 4. The molecule has 0 amide bonds. The van der Waals surface area contributed by atoms with Crippen LogP contribution in [-0.2, 0) is 23.1 Å². The van der Waals surface area contributed by atoms with Crippen molar-refractivity contribution in [1.29, 1.82) is 0 Å². The summed E-state index contributed by atoms with van der Waals surface area (Å²) >= 11 is 1.57. The highest BCUT2D eigenvalue weighted by Gasteiger charge is 2.29. The molecule has 0 spiro atoms. The van der Waals surface area contributed by atoms with Gasteiger partial charge in [-0.1, -0.05) is 54.1 Å². The molecule has 36 heavy (non-hydrogen) atoms. The molecule has 3 aromatic rings. The minimum absolute atomic E-state index is 0.236. The molecule has 186 valence electrons. The van der Waals surface area contributed by atoms with Gasteiger partial charge in [0, 0.05) is 25.1 Å². The average molecular weight is 500 g/mol. The maximum Gasteiger partial charge on any atom is 0.313 e. The van der Waals surface area contributed by atoms with Crippen LogP contribution in [0.1, 0.15) is 70.6 Å². The van der Waals surface area contributed by atoms with Gasteiger partial charge in [0.2, 0.25) is 0 Å². The third-order valence-corrected chi connectivity index (χ3v) is 8.74. The minimum Gasteiger partial charge on any atom is -0.481 e. The van der Waals surface area contributed by atoms with Gasteiger partial charge in [0.25, 0.3) is 0 Å². The van der Waals surface area contributed by atoms with Crippen molar-refractivity contribution in [3.05, 3.63) is 98.2 Å². The van der Waals surface area contributed by atoms with Gasteiger partial charge in [-0.15, -0.1) is 11.3 Å². The number of benzene rings is 2. The number of fused-ring (bicyclic) bond motifs is 2. The van der Waals surface area contributed by atoms with Gasteiger partial charge in [0.05, 0.1) is 10.3 Å². The number of carboxylic acids is 1. The summed E-state index contributed by atoms with van der Waals surface area (Å²) in [4.78, 5) is 27.9. The van der Waals surface area contributed by atoms with E-state index in [2.05, 4.69) is 46.7 Å². The number of piperidine rings is 1. The Morgan fingerprint density at radius 1 is 1.00 bits per heavy atom. The fourth-order valence-electron chi connectivity index (χ4n) is 5.43. The molecule has 0 bridgehead atoms. The Balaban J connectivity index is 1.23. The summed E-state index contributed by atoms with van der Waals surface area (Å²) in [6.07, 6.45) is 4.63. The standard InChI is InChI=1S/C31H33NO3S/c1-31(2,30(34)35)24-11-9-21(10-12-24)6-5-16-32-17-13-22(14-18-32)28-25-8-4-3-7-23(25)20-27(33)29-26(28)15-19-36-29/h3-4,7-12,15,19H,5-6,13-14,16-18,20H2,1-2H3,(H,34,35). The fourth-order valence-corrected chi connectivity index (χ4v) is 6.28. The summed E-state index contributed by atoms with van der Waals surface area (Å²) in [7, 11) is 0. The average Bonchev–Trinajstić information content (AvgIpc) is 3.32. The summed E-state index contributed by atoms with van der Waals surface area (Å²) in [6.45, 7) is 6.63. The summed E-state index contributed by atoms with van der Waals surface area (Å²) in [5.41, 5.74) is 7.52. The second-order valence-electron chi connectivity index (χ2n) is 10.5. The van der Waals surface area contributed by atoms with Crippen molar-refractivity contribution in [1.82, 2.24) is 4.90 Å². The third kappa shape index (κ3) is 4.82. The van der Waals surface area contributed by atoms with Crippen molar-refractivity contribution < 1.29 is 14.7 Å². The van der Waals surface area contributed by atoms with Gasteiger partial charge in [0.15, 0.2) is 5.78 Å². The first-order valence-corrected chi connectivity index (χ1v) is 13.7. The highest BCUT2D eigenvalue weighted by molar-refractivity contribution is 7.12. The molecule has 0 saturated carbocycles. The van der Waals surface area contributed by atoms with Crippen LogP contribution in [0.2, 0.25) is 0 Å². The Hall–Kier alpha value is -3.02. The number of thiophene rings is 1. The van der Waals surface area contributed by atoms with Crippen molar-refractivity contribution in [2.75, 3.05) is 19.6 Å². The molecule has 1 aliphatic carbocycles. The van der Waals surface area contributed by atoms with Crippen LogP contribution >= 0.6 is 11.3 Å². The normalized spacial score (nSPS) is 16.4. The smallest absolute Gasteiger partial charge is 0.313 e. The minimum atomic E-state index is -0.868. The first kappa shape index (κ1) is 24.7. The number of hydrogen-bond donors (Lipinski definition) is 1. The second-order valence-corrected chi connectivity index (χ2v) is 11.4. The Bertz CT molecular complexity index is 1310. The quantitative estimate of drug-likeness (QED) is 0.428. The van der Waals surface area contributed by atoms with Crippen LogP contribution in [0.3, 0.4) is 0 Å². The Morgan fingerprint density at radius 2 is 1.72 bits per heavy atom. The maximum atomic E-state index is 12.9. The molecule has 2 aromatic carbocycles. The van der Waals surface area contributed by atoms with E-state index in [0.717, 1.165) is 66.9 Å². The zero-order valence-corrected chi connectivity index (χ0v) is 21.9. The van der Waals surface area contributed by atoms with Crippen LogP contribution in [-0.4, -0.2) is 41.4 Å². The predicted octanol–water partition coefficient (Wildman–Crippen LogP) is 6.38. The third-order valence-electron chi connectivity index (χ3n) is 7.79. The first-order valence-electron chi connectivity index (χ1n) is 12.8. The molecule has 5 heteroatoms. The number of Topliss-reactive ketones (excluding diaryl/α,β-unsaturated/α-hetero) is 1. The van der Waals surface area contributed by atoms with Crippen LogP contribution in [0.15, 0.2) is 65.6 Å². The van der Waals surface area contributed by atoms with Gasteiger partial charge in [-0.2, -0.15) is 0 Å². The summed E-state index contributed by atoms with van der Waals surface area (Å²) in [6, 6.07) is 18.6. The molecule has 1 aromatic heterocycles. The lowest BCUT2D eigenvalue weighted by atomic mass is 9.84. The molecule has 0 radical (unpaired) electrons. The van der Waals surface area contributed by atoms with Crippen molar-refractivity contribution in [2.45, 2.75) is 51.4 Å². The van der Waals surface area contributed by atoms with E-state index in [-0.39, 0.29) is 5.78 Å². The van der Waals surface area contributed by atoms with Crippen LogP contribution in [0.5, 0.6) is 0 Å². The number of ketones is 1. The second kappa shape index (κ2) is 10.2. The lowest BCUT2D eigenvalue weighted by Crippen LogP contribution is -2.32. The van der Waals surface area contributed by atoms with E-state index in [0.29, 0.717) is 6.42 Å². The van der Waals surface area contributed by atoms with Crippen molar-refractivity contribution in [3.8, 4) is 0 Å². The number of carbonyl (C=O) groups excluding carboxylic acids is 1. The van der Waals surface area contributed by atoms with E-state index in [9.17, 15) is 14.7 Å². The van der Waals surface area contributed by atoms with Crippen LogP contribution in [0, 0.1) is 0 Å². The molecule has 1 N–H and O–H groups in total. The molecule has 2 heterocycles. The van der Waals surface area contributed by atoms with Gasteiger partial charge < -0.3 is 10.0 Å². The molecule has 1 fully saturated rings. The molecule has 2 aliphatic rings. The van der Waals surface area contributed by atoms with Crippen LogP contribution in [0.25, 0.3) is 5.57 Å². The molecule has 0 unspecified atom stereocenters. The number of likely N-dealkylation sites (tertiary alicyclic amines) is 1. The number of rotatable bonds is 6. The van der Waals surface area contributed by atoms with Crippen molar-refractivity contribution in [2.24, 2.45) is 0 Å². The fraction of sp³-hybridized carbons (Fsp3) is 0.355. The van der Waals surface area contributed by atoms with Crippen molar-refractivity contribution >= 4 is 28.7 Å². The number of aliphatic carboxylic acids is 1. The highest BCUT2D eigenvalue weighted by Crippen LogP contribution is 2.40. The van der Waals surface area contributed by atoms with Crippen LogP contribution in [0.4, 0.5) is 0 Å². The predicted molar refractivity (Wildman–Crippen MR) is 146 cm³/mol. The Labute approximate surface area is 217 Å². The number of aryl methyl sites for hydroxylation is 1. The molecular weight excluding hydrogens is 466 g/mol. The molecule has 1 aliphatic heterocycles. The van der Waals surface area contributed by atoms with E-state index >= 15 is 0 Å². The molecule has 5 rings (SSSR count). The van der Waals surface area contributed by atoms with E-state index in [1.807, 2.05) is 18.2 Å². The molecule has 4 nitrogen and oxygen atoms in total. The summed E-state index contributed by atoms with van der Waals surface area (Å²) < 4.78 is 0. The maximum absolute atomic E-state index is 12.9. The van der Waals surface area contributed by atoms with Gasteiger partial charge in [-0.25, -0.2) is 0 Å². The topological polar surface area (TPSA) is 57.6 Å². The zero-order chi connectivity index (χ0) is 25.3. The molecule has 0 atom stereocenters. The monoisotopic (exact) mass is 499 g/mol. The number of carbonyl (C=O) groups is 2. The molecular formula is C31H33NO3S. The van der Waals surface area contributed by atoms with Gasteiger partial charge in [-0.3, -0.25) is 9.59 Å². The first-order chi connectivity index (χ1) is 17.3. The molecule has 1 saturated heterocycles. The Kier molecular flexibility index (Phi) is 6.96. The van der Waals surface area contributed by atoms with E-state index < -0.39 is 11.4 Å². The highest BCUT2D eigenvalue weighted by atomic mass is 32.1. The number of nitrogens with zero attached hydrogens (tertiary/aromatic N) is 1. The summed E-state index contributed by atoms with van der Waals surface area (Å²) in [5, 5.41) is 11.5. The van der Waals surface area contributed by atoms with Crippen molar-refractivity contribution in [3.63, 3.8) is 0 Å². The van der Waals surface area contributed by atoms with Gasteiger partial charge >= 0.3 is 5.97 Å². The van der Waals surface area contributed by atoms with Crippen LogP contribution < -0.4 is 0 Å². The Morgan fingerprint density at radius 3 is 2.44 bits per heavy atom. The summed E-state index contributed by atoms with van der Waals surface area (Å²) in [5.74, 6) is -0.566. The van der Waals surface area contributed by atoms with E-state index in [1.54, 1.807) is 25.2 Å². The lowest BCUT2D eigenvalue weighted by molar-refractivity contribution is -0.142. The lowest BCUT2D eigenvalue weighted by Gasteiger charge is -2.30. The SMILES string of the molecule is CC(C)(C(=O)O)c1ccc(CCCN2CCC(=C3c4ccccc4CC(=O)c4sccc43)CC2)cc1.